The molecule has 3 rings (SSSR count). The van der Waals surface area contributed by atoms with E-state index >= 15 is 0 Å². The maximum absolute atomic E-state index is 11.8. The van der Waals surface area contributed by atoms with Gasteiger partial charge in [0.15, 0.2) is 5.82 Å². The van der Waals surface area contributed by atoms with E-state index in [-0.39, 0.29) is 11.2 Å². The van der Waals surface area contributed by atoms with Crippen LogP contribution in [0.15, 0.2) is 36.8 Å². The molecular formula is C15H16N5O4P. The first-order chi connectivity index (χ1) is 11.9. The fourth-order valence-electron chi connectivity index (χ4n) is 2.37. The van der Waals surface area contributed by atoms with Crippen molar-refractivity contribution in [3.8, 4) is 0 Å². The topological polar surface area (TPSA) is 140 Å². The summed E-state index contributed by atoms with van der Waals surface area (Å²) in [5.74, 6) is 0.281. The van der Waals surface area contributed by atoms with Crippen molar-refractivity contribution in [1.82, 2.24) is 20.3 Å². The van der Waals surface area contributed by atoms with Crippen LogP contribution in [0.2, 0.25) is 0 Å². The van der Waals surface area contributed by atoms with E-state index < -0.39 is 7.60 Å². The lowest BCUT2D eigenvalue weighted by atomic mass is 10.2. The minimum absolute atomic E-state index is 0.0275. The molecule has 1 amide bonds. The van der Waals surface area contributed by atoms with Crippen LogP contribution in [0.5, 0.6) is 0 Å². The highest BCUT2D eigenvalue weighted by Crippen LogP contribution is 2.32. The van der Waals surface area contributed by atoms with E-state index in [9.17, 15) is 9.36 Å². The third kappa shape index (κ3) is 3.53. The van der Waals surface area contributed by atoms with Gasteiger partial charge in [0.05, 0.1) is 10.9 Å². The average molecular weight is 361 g/mol. The summed E-state index contributed by atoms with van der Waals surface area (Å²) in [4.78, 5) is 41.3. The molecule has 0 aliphatic heterocycles. The Hall–Kier alpha value is -2.74. The number of anilines is 1. The van der Waals surface area contributed by atoms with Gasteiger partial charge in [-0.1, -0.05) is 12.1 Å². The van der Waals surface area contributed by atoms with Crippen LogP contribution in [0.4, 0.5) is 5.82 Å². The van der Waals surface area contributed by atoms with E-state index in [1.807, 2.05) is 0 Å². The van der Waals surface area contributed by atoms with Crippen LogP contribution in [0.1, 0.15) is 15.9 Å². The normalized spacial score (nSPS) is 11.5. The number of nitrogens with zero attached hydrogens (tertiary/aromatic N) is 2. The lowest BCUT2D eigenvalue weighted by molar-refractivity contribution is 0.0964. The smallest absolute Gasteiger partial charge is 0.356 e. The molecular weight excluding hydrogens is 345 g/mol. The molecule has 2 aromatic heterocycles. The van der Waals surface area contributed by atoms with E-state index in [2.05, 4.69) is 25.6 Å². The van der Waals surface area contributed by atoms with E-state index in [0.29, 0.717) is 29.0 Å². The summed E-state index contributed by atoms with van der Waals surface area (Å²) in [6.07, 6.45) is 2.93. The van der Waals surface area contributed by atoms with Gasteiger partial charge in [-0.05, 0) is 17.7 Å². The molecule has 25 heavy (non-hydrogen) atoms. The summed E-state index contributed by atoms with van der Waals surface area (Å²) in [7, 11) is -2.70. The number of rotatable bonds is 5. The number of H-pyrrole nitrogens is 1. The second-order valence-electron chi connectivity index (χ2n) is 5.29. The number of benzene rings is 1. The number of carbonyl (C=O) groups excluding carboxylic acids is 1. The third-order valence-corrected chi connectivity index (χ3v) is 4.64. The van der Waals surface area contributed by atoms with Gasteiger partial charge in [0, 0.05) is 19.8 Å². The molecule has 0 unspecified atom stereocenters. The minimum atomic E-state index is -4.24. The maximum Gasteiger partial charge on any atom is 0.356 e. The van der Waals surface area contributed by atoms with Crippen molar-refractivity contribution in [3.05, 3.63) is 47.9 Å². The predicted octanol–water partition coefficient (Wildman–Crippen LogP) is 0.733. The summed E-state index contributed by atoms with van der Waals surface area (Å²) in [5.41, 5.74) is 2.36. The van der Waals surface area contributed by atoms with Gasteiger partial charge in [0.25, 0.3) is 5.91 Å². The van der Waals surface area contributed by atoms with Gasteiger partial charge in [-0.3, -0.25) is 9.36 Å². The molecule has 9 nitrogen and oxygen atoms in total. The Morgan fingerprint density at radius 1 is 1.24 bits per heavy atom. The van der Waals surface area contributed by atoms with Gasteiger partial charge in [-0.15, -0.1) is 0 Å². The van der Waals surface area contributed by atoms with Crippen molar-refractivity contribution >= 4 is 35.7 Å². The SMILES string of the molecule is CNC(=O)c1c[nH]c2c(NCc3ccc(P(=O)(O)O)cc3)ncnc12. The predicted molar refractivity (Wildman–Crippen MR) is 92.7 cm³/mol. The number of aromatic amines is 1. The molecule has 0 aliphatic carbocycles. The van der Waals surface area contributed by atoms with Crippen LogP contribution < -0.4 is 15.9 Å². The summed E-state index contributed by atoms with van der Waals surface area (Å²) in [6, 6.07) is 6.05. The number of fused-ring (bicyclic) bond motifs is 1. The Kier molecular flexibility index (Phi) is 4.54. The number of hydrogen-bond acceptors (Lipinski definition) is 5. The molecule has 10 heteroatoms. The molecule has 0 aliphatic rings. The third-order valence-electron chi connectivity index (χ3n) is 3.67. The van der Waals surface area contributed by atoms with Crippen molar-refractivity contribution in [2.45, 2.75) is 6.54 Å². The Labute approximate surface area is 142 Å². The highest BCUT2D eigenvalue weighted by atomic mass is 31.2. The van der Waals surface area contributed by atoms with Crippen LogP contribution in [-0.2, 0) is 11.1 Å². The van der Waals surface area contributed by atoms with Gasteiger partial charge in [0.2, 0.25) is 0 Å². The number of hydrogen-bond donors (Lipinski definition) is 5. The van der Waals surface area contributed by atoms with Gasteiger partial charge in [-0.25, -0.2) is 9.97 Å². The largest absolute Gasteiger partial charge is 0.364 e. The molecule has 0 saturated heterocycles. The van der Waals surface area contributed by atoms with Crippen LogP contribution in [0.3, 0.4) is 0 Å². The number of nitrogens with one attached hydrogen (secondary N) is 3. The second kappa shape index (κ2) is 6.64. The van der Waals surface area contributed by atoms with Gasteiger partial charge >= 0.3 is 7.60 Å². The van der Waals surface area contributed by atoms with Crippen molar-refractivity contribution in [1.29, 1.82) is 0 Å². The molecule has 0 saturated carbocycles. The number of amides is 1. The van der Waals surface area contributed by atoms with E-state index in [4.69, 9.17) is 9.79 Å². The first-order valence-electron chi connectivity index (χ1n) is 7.33. The fraction of sp³-hybridized carbons (Fsp3) is 0.133. The summed E-state index contributed by atoms with van der Waals surface area (Å²) in [5, 5.41) is 5.65. The van der Waals surface area contributed by atoms with Crippen molar-refractivity contribution in [3.63, 3.8) is 0 Å². The summed E-state index contributed by atoms with van der Waals surface area (Å²) >= 11 is 0. The Morgan fingerprint density at radius 2 is 1.96 bits per heavy atom. The van der Waals surface area contributed by atoms with Gasteiger partial charge in [0.1, 0.15) is 17.4 Å². The van der Waals surface area contributed by atoms with E-state index in [1.54, 1.807) is 25.4 Å². The van der Waals surface area contributed by atoms with Crippen LogP contribution in [-0.4, -0.2) is 37.7 Å². The number of carbonyl (C=O) groups is 1. The molecule has 130 valence electrons. The van der Waals surface area contributed by atoms with Gasteiger partial charge < -0.3 is 25.4 Å². The Bertz CT molecular complexity index is 964. The summed E-state index contributed by atoms with van der Waals surface area (Å²) < 4.78 is 11.2. The molecule has 0 bridgehead atoms. The highest BCUT2D eigenvalue weighted by molar-refractivity contribution is 7.60. The van der Waals surface area contributed by atoms with Crippen molar-refractivity contribution < 1.29 is 19.1 Å². The highest BCUT2D eigenvalue weighted by Gasteiger charge is 2.17. The zero-order chi connectivity index (χ0) is 18.0. The first kappa shape index (κ1) is 17.1. The monoisotopic (exact) mass is 361 g/mol. The molecule has 0 spiro atoms. The standard InChI is InChI=1S/C15H16N5O4P/c1-16-15(21)11-7-17-13-12(11)19-8-20-14(13)18-6-9-2-4-10(5-3-9)25(22,23)24/h2-5,7-8,17H,6H2,1H3,(H,16,21)(H,18,19,20)(H2,22,23,24). The van der Waals surface area contributed by atoms with E-state index in [0.717, 1.165) is 5.56 Å². The lowest BCUT2D eigenvalue weighted by Crippen LogP contribution is -2.17. The molecule has 0 fully saturated rings. The summed E-state index contributed by atoms with van der Waals surface area (Å²) in [6.45, 7) is 0.391. The minimum Gasteiger partial charge on any atom is -0.364 e. The molecule has 0 atom stereocenters. The average Bonchev–Trinajstić information content (AvgIpc) is 3.03. The molecule has 1 aromatic carbocycles. The molecule has 2 heterocycles. The van der Waals surface area contributed by atoms with Gasteiger partial charge in [-0.2, -0.15) is 0 Å². The van der Waals surface area contributed by atoms with Crippen LogP contribution in [0, 0.1) is 0 Å². The van der Waals surface area contributed by atoms with Crippen molar-refractivity contribution in [2.24, 2.45) is 0 Å². The van der Waals surface area contributed by atoms with Crippen molar-refractivity contribution in [2.75, 3.05) is 12.4 Å². The lowest BCUT2D eigenvalue weighted by Gasteiger charge is -2.08. The van der Waals surface area contributed by atoms with Crippen LogP contribution >= 0.6 is 7.60 Å². The maximum atomic E-state index is 11.8. The number of aromatic nitrogens is 3. The molecule has 5 N–H and O–H groups in total. The Morgan fingerprint density at radius 3 is 2.60 bits per heavy atom. The van der Waals surface area contributed by atoms with Crippen LogP contribution in [0.25, 0.3) is 11.0 Å². The Balaban J connectivity index is 1.81. The molecule has 3 aromatic rings. The first-order valence-corrected chi connectivity index (χ1v) is 8.94. The molecule has 0 radical (unpaired) electrons. The second-order valence-corrected chi connectivity index (χ2v) is 6.90. The van der Waals surface area contributed by atoms with E-state index in [1.165, 1.54) is 18.5 Å². The zero-order valence-electron chi connectivity index (χ0n) is 13.2. The zero-order valence-corrected chi connectivity index (χ0v) is 14.1. The fourth-order valence-corrected chi connectivity index (χ4v) is 2.91. The quantitative estimate of drug-likeness (QED) is 0.422.